The molecule has 1 amide bonds. The van der Waals surface area contributed by atoms with E-state index in [0.717, 1.165) is 0 Å². The van der Waals surface area contributed by atoms with Crippen LogP contribution >= 0.6 is 11.6 Å². The molecule has 1 heterocycles. The summed E-state index contributed by atoms with van der Waals surface area (Å²) in [5.41, 5.74) is 0. The van der Waals surface area contributed by atoms with Gasteiger partial charge in [0, 0.05) is 6.54 Å². The molecule has 76 valence electrons. The number of alkyl halides is 1. The number of hydrogen-bond donors (Lipinski definition) is 1. The van der Waals surface area contributed by atoms with E-state index in [0.29, 0.717) is 13.2 Å². The van der Waals surface area contributed by atoms with Crippen LogP contribution in [0.5, 0.6) is 0 Å². The highest BCUT2D eigenvalue weighted by molar-refractivity contribution is 6.27. The molecule has 0 aromatic heterocycles. The van der Waals surface area contributed by atoms with Crippen molar-refractivity contribution in [2.45, 2.75) is 25.7 Å². The molecule has 1 N–H and O–H groups in total. The number of ether oxygens (including phenoxy) is 2. The molecule has 0 radical (unpaired) electrons. The minimum Gasteiger partial charge on any atom is -0.352 e. The zero-order valence-electron chi connectivity index (χ0n) is 7.80. The maximum absolute atomic E-state index is 10.8. The fourth-order valence-corrected chi connectivity index (χ4v) is 1.23. The van der Waals surface area contributed by atoms with Crippen LogP contribution < -0.4 is 5.32 Å². The fourth-order valence-electron chi connectivity index (χ4n) is 1.14. The van der Waals surface area contributed by atoms with Gasteiger partial charge in [-0.05, 0) is 13.8 Å². The van der Waals surface area contributed by atoms with Gasteiger partial charge in [-0.15, -0.1) is 11.6 Å². The summed E-state index contributed by atoms with van der Waals surface area (Å²) in [6, 6.07) is 0. The quantitative estimate of drug-likeness (QED) is 0.686. The smallest absolute Gasteiger partial charge is 0.235 e. The third-order valence-corrected chi connectivity index (χ3v) is 1.96. The lowest BCUT2D eigenvalue weighted by Crippen LogP contribution is -2.35. The summed E-state index contributed by atoms with van der Waals surface area (Å²) in [4.78, 5) is 10.8. The van der Waals surface area contributed by atoms with E-state index in [4.69, 9.17) is 21.1 Å². The van der Waals surface area contributed by atoms with E-state index in [1.807, 2.05) is 13.8 Å². The van der Waals surface area contributed by atoms with Crippen LogP contribution in [-0.2, 0) is 14.3 Å². The first-order valence-electron chi connectivity index (χ1n) is 4.18. The van der Waals surface area contributed by atoms with E-state index in [1.165, 1.54) is 0 Å². The molecule has 1 aliphatic heterocycles. The summed E-state index contributed by atoms with van der Waals surface area (Å²) < 4.78 is 10.8. The molecule has 1 fully saturated rings. The average molecular weight is 208 g/mol. The predicted octanol–water partition coefficient (Wildman–Crippen LogP) is 0.493. The van der Waals surface area contributed by atoms with Gasteiger partial charge in [-0.2, -0.15) is 0 Å². The maximum atomic E-state index is 10.8. The second-order valence-electron chi connectivity index (χ2n) is 3.39. The van der Waals surface area contributed by atoms with E-state index in [2.05, 4.69) is 5.32 Å². The Morgan fingerprint density at radius 1 is 1.69 bits per heavy atom. The number of hydrogen-bond acceptors (Lipinski definition) is 3. The van der Waals surface area contributed by atoms with Gasteiger partial charge in [-0.1, -0.05) is 0 Å². The topological polar surface area (TPSA) is 47.6 Å². The van der Waals surface area contributed by atoms with Crippen molar-refractivity contribution >= 4 is 17.5 Å². The second-order valence-corrected chi connectivity index (χ2v) is 3.66. The van der Waals surface area contributed by atoms with E-state index in [1.54, 1.807) is 0 Å². The maximum Gasteiger partial charge on any atom is 0.235 e. The molecule has 1 rings (SSSR count). The number of carbonyl (C=O) groups is 1. The van der Waals surface area contributed by atoms with Crippen molar-refractivity contribution in [1.29, 1.82) is 0 Å². The molecule has 1 aliphatic rings. The molecule has 1 atom stereocenters. The molecule has 5 heteroatoms. The van der Waals surface area contributed by atoms with Crippen molar-refractivity contribution in [2.24, 2.45) is 0 Å². The van der Waals surface area contributed by atoms with Gasteiger partial charge >= 0.3 is 0 Å². The lowest BCUT2D eigenvalue weighted by Gasteiger charge is -2.17. The Labute approximate surface area is 82.5 Å². The minimum atomic E-state index is -0.531. The Hall–Kier alpha value is -0.320. The molecule has 0 spiro atoms. The van der Waals surface area contributed by atoms with Crippen molar-refractivity contribution < 1.29 is 14.3 Å². The van der Waals surface area contributed by atoms with Crippen LogP contribution in [0.25, 0.3) is 0 Å². The van der Waals surface area contributed by atoms with Gasteiger partial charge < -0.3 is 14.8 Å². The predicted molar refractivity (Wildman–Crippen MR) is 48.6 cm³/mol. The first kappa shape index (κ1) is 10.8. The first-order chi connectivity index (χ1) is 6.03. The second kappa shape index (κ2) is 4.26. The summed E-state index contributed by atoms with van der Waals surface area (Å²) in [6.07, 6.45) is -0.0674. The number of nitrogens with one attached hydrogen (secondary N) is 1. The van der Waals surface area contributed by atoms with Gasteiger partial charge in [-0.25, -0.2) is 0 Å². The first-order valence-corrected chi connectivity index (χ1v) is 4.71. The molecule has 0 unspecified atom stereocenters. The van der Waals surface area contributed by atoms with Crippen molar-refractivity contribution in [1.82, 2.24) is 5.32 Å². The van der Waals surface area contributed by atoms with Crippen molar-refractivity contribution in [3.63, 3.8) is 0 Å². The largest absolute Gasteiger partial charge is 0.352 e. The van der Waals surface area contributed by atoms with Crippen LogP contribution in [0.1, 0.15) is 13.8 Å². The normalized spacial score (nSPS) is 25.9. The Balaban J connectivity index is 2.21. The summed E-state index contributed by atoms with van der Waals surface area (Å²) in [6.45, 7) is 4.65. The lowest BCUT2D eigenvalue weighted by atomic mass is 10.3. The highest BCUT2D eigenvalue weighted by Crippen LogP contribution is 2.21. The highest BCUT2D eigenvalue weighted by Gasteiger charge is 2.32. The third-order valence-electron chi connectivity index (χ3n) is 1.72. The number of halogens is 1. The Morgan fingerprint density at radius 2 is 2.38 bits per heavy atom. The molecule has 0 aliphatic carbocycles. The van der Waals surface area contributed by atoms with Crippen LogP contribution in [0.2, 0.25) is 0 Å². The van der Waals surface area contributed by atoms with Gasteiger partial charge in [0.25, 0.3) is 0 Å². The Morgan fingerprint density at radius 3 is 2.85 bits per heavy atom. The Kier molecular flexibility index (Phi) is 3.53. The van der Waals surface area contributed by atoms with Gasteiger partial charge in [0.1, 0.15) is 12.0 Å². The summed E-state index contributed by atoms with van der Waals surface area (Å²) in [7, 11) is 0. The molecule has 4 nitrogen and oxygen atoms in total. The van der Waals surface area contributed by atoms with Gasteiger partial charge in [0.15, 0.2) is 5.79 Å². The van der Waals surface area contributed by atoms with Crippen LogP contribution in [0.4, 0.5) is 0 Å². The average Bonchev–Trinajstić information content (AvgIpc) is 2.41. The number of carbonyl (C=O) groups excluding carboxylic acids is 1. The zero-order chi connectivity index (χ0) is 9.90. The summed E-state index contributed by atoms with van der Waals surface area (Å²) >= 11 is 5.31. The third kappa shape index (κ3) is 3.50. The molecule has 0 bridgehead atoms. The van der Waals surface area contributed by atoms with Crippen LogP contribution in [-0.4, -0.2) is 36.8 Å². The SMILES string of the molecule is CC1(C)OC[C@@H](CNC(=O)CCl)O1. The van der Waals surface area contributed by atoms with Crippen molar-refractivity contribution in [3.8, 4) is 0 Å². The van der Waals surface area contributed by atoms with Crippen LogP contribution in [0.15, 0.2) is 0 Å². The zero-order valence-corrected chi connectivity index (χ0v) is 8.56. The van der Waals surface area contributed by atoms with Crippen molar-refractivity contribution in [2.75, 3.05) is 19.0 Å². The summed E-state index contributed by atoms with van der Waals surface area (Å²) in [5, 5.41) is 2.64. The standard InChI is InChI=1S/C8H14ClNO3/c1-8(2)12-5-6(13-8)4-10-7(11)3-9/h6H,3-5H2,1-2H3,(H,10,11)/t6-/m1/s1. The van der Waals surface area contributed by atoms with E-state index in [9.17, 15) is 4.79 Å². The number of rotatable bonds is 3. The van der Waals surface area contributed by atoms with Crippen LogP contribution in [0.3, 0.4) is 0 Å². The van der Waals surface area contributed by atoms with Crippen molar-refractivity contribution in [3.05, 3.63) is 0 Å². The van der Waals surface area contributed by atoms with Crippen LogP contribution in [0, 0.1) is 0 Å². The Bertz CT molecular complexity index is 196. The number of amides is 1. The molecular weight excluding hydrogens is 194 g/mol. The molecule has 1 saturated heterocycles. The van der Waals surface area contributed by atoms with Gasteiger partial charge in [0.2, 0.25) is 5.91 Å². The fraction of sp³-hybridized carbons (Fsp3) is 0.875. The minimum absolute atomic E-state index is 0.0169. The van der Waals surface area contributed by atoms with Gasteiger partial charge in [0.05, 0.1) is 6.61 Å². The van der Waals surface area contributed by atoms with E-state index >= 15 is 0 Å². The molecule has 0 aromatic rings. The molecular formula is C8H14ClNO3. The molecule has 0 aromatic carbocycles. The highest BCUT2D eigenvalue weighted by atomic mass is 35.5. The molecule has 13 heavy (non-hydrogen) atoms. The lowest BCUT2D eigenvalue weighted by molar-refractivity contribution is -0.139. The molecule has 0 saturated carbocycles. The monoisotopic (exact) mass is 207 g/mol. The van der Waals surface area contributed by atoms with E-state index in [-0.39, 0.29) is 17.9 Å². The summed E-state index contributed by atoms with van der Waals surface area (Å²) in [5.74, 6) is -0.733. The van der Waals surface area contributed by atoms with Gasteiger partial charge in [-0.3, -0.25) is 4.79 Å². The van der Waals surface area contributed by atoms with E-state index < -0.39 is 5.79 Å².